The fourth-order valence-electron chi connectivity index (χ4n) is 11.3. The van der Waals surface area contributed by atoms with E-state index in [9.17, 15) is 0 Å². The molecule has 0 radical (unpaired) electrons. The summed E-state index contributed by atoms with van der Waals surface area (Å²) in [5.41, 5.74) is 24.0. The molecule has 0 fully saturated rings. The zero-order chi connectivity index (χ0) is 45.6. The zero-order valence-corrected chi connectivity index (χ0v) is 41.6. The van der Waals surface area contributed by atoms with Crippen molar-refractivity contribution in [2.24, 2.45) is 0 Å². The SMILES string of the molecule is Cc1cc2c3c(c1)N(c1ccc(C(C)(C)C)cc1-c1cccc(C(C)(C)C)c1)c1cc4c(cc1B3c1ccc(C(C)(C)C)cc1N2c1cccc(C(C)(C)C)c1)C(C)(C)CC4(C)C. The van der Waals surface area contributed by atoms with Crippen LogP contribution < -0.4 is 26.2 Å². The lowest BCUT2D eigenvalue weighted by atomic mass is 9.33. The van der Waals surface area contributed by atoms with Crippen LogP contribution in [0, 0.1) is 6.92 Å². The molecule has 6 aromatic carbocycles. The van der Waals surface area contributed by atoms with E-state index in [-0.39, 0.29) is 39.2 Å². The highest BCUT2D eigenvalue weighted by Crippen LogP contribution is 2.54. The molecular weight excluding hydrogens is 759 g/mol. The van der Waals surface area contributed by atoms with E-state index in [2.05, 4.69) is 237 Å². The Morgan fingerprint density at radius 2 is 0.952 bits per heavy atom. The van der Waals surface area contributed by atoms with Crippen molar-refractivity contribution >= 4 is 57.2 Å². The van der Waals surface area contributed by atoms with E-state index in [1.165, 1.54) is 101 Å². The quantitative estimate of drug-likeness (QED) is 0.164. The standard InChI is InChI=1S/C60H71BN2/c1-37-28-52-54-53(29-37)63(49-27-25-41(57(8,9)10)32-44(49)38-20-18-21-39(30-38)55(2,3)4)51-35-46-45(59(14,15)36-60(46,16)17)34-48(51)61(54)47-26-24-42(58(11,12)13)33-50(47)62(52)43-23-19-22-40(31-43)56(5,6)7/h18-35H,36H2,1-17H3. The van der Waals surface area contributed by atoms with Crippen molar-refractivity contribution in [2.45, 2.75) is 157 Å². The van der Waals surface area contributed by atoms with Crippen LogP contribution in [0.1, 0.15) is 156 Å². The van der Waals surface area contributed by atoms with Crippen molar-refractivity contribution in [3.05, 3.63) is 148 Å². The molecule has 0 unspecified atom stereocenters. The van der Waals surface area contributed by atoms with Gasteiger partial charge in [-0.25, -0.2) is 0 Å². The van der Waals surface area contributed by atoms with Gasteiger partial charge in [0.05, 0.1) is 5.69 Å². The van der Waals surface area contributed by atoms with Gasteiger partial charge in [-0.2, -0.15) is 0 Å². The summed E-state index contributed by atoms with van der Waals surface area (Å²) in [7, 11) is 0. The van der Waals surface area contributed by atoms with Gasteiger partial charge >= 0.3 is 0 Å². The molecule has 0 saturated carbocycles. The van der Waals surface area contributed by atoms with E-state index in [0.717, 1.165) is 6.42 Å². The minimum absolute atomic E-state index is 0.00700. The largest absolute Gasteiger partial charge is 0.311 e. The lowest BCUT2D eigenvalue weighted by Gasteiger charge is -2.46. The maximum Gasteiger partial charge on any atom is 0.252 e. The van der Waals surface area contributed by atoms with Gasteiger partial charge in [0.25, 0.3) is 6.71 Å². The molecule has 6 aromatic rings. The van der Waals surface area contributed by atoms with Crippen molar-refractivity contribution in [1.82, 2.24) is 0 Å². The summed E-state index contributed by atoms with van der Waals surface area (Å²) in [6.07, 6.45) is 1.12. The number of hydrogen-bond donors (Lipinski definition) is 0. The van der Waals surface area contributed by atoms with E-state index < -0.39 is 0 Å². The first-order valence-electron chi connectivity index (χ1n) is 23.6. The Labute approximate surface area is 381 Å². The van der Waals surface area contributed by atoms with Gasteiger partial charge < -0.3 is 9.80 Å². The van der Waals surface area contributed by atoms with Crippen molar-refractivity contribution < 1.29 is 0 Å². The number of rotatable bonds is 3. The molecule has 9 rings (SSSR count). The fourth-order valence-corrected chi connectivity index (χ4v) is 11.3. The predicted molar refractivity (Wildman–Crippen MR) is 276 cm³/mol. The maximum atomic E-state index is 2.68. The van der Waals surface area contributed by atoms with Crippen LogP contribution in [-0.4, -0.2) is 6.71 Å². The van der Waals surface area contributed by atoms with Crippen molar-refractivity contribution in [2.75, 3.05) is 9.80 Å². The molecule has 1 aliphatic carbocycles. The van der Waals surface area contributed by atoms with Crippen LogP contribution in [0.15, 0.2) is 109 Å². The molecule has 0 bridgehead atoms. The molecule has 0 saturated heterocycles. The van der Waals surface area contributed by atoms with E-state index in [4.69, 9.17) is 0 Å². The summed E-state index contributed by atoms with van der Waals surface area (Å²) in [6.45, 7) is 40.2. The van der Waals surface area contributed by atoms with Crippen LogP contribution in [0.2, 0.25) is 0 Å². The maximum absolute atomic E-state index is 2.68. The second-order valence-electron chi connectivity index (χ2n) is 24.9. The van der Waals surface area contributed by atoms with Crippen LogP contribution in [0.4, 0.5) is 34.1 Å². The number of benzene rings is 6. The second-order valence-corrected chi connectivity index (χ2v) is 24.9. The molecule has 0 atom stereocenters. The van der Waals surface area contributed by atoms with E-state index in [0.29, 0.717) is 0 Å². The molecule has 2 nitrogen and oxygen atoms in total. The highest BCUT2D eigenvalue weighted by atomic mass is 15.2. The Hall–Kier alpha value is -5.02. The topological polar surface area (TPSA) is 6.48 Å². The first-order chi connectivity index (χ1) is 29.1. The molecule has 0 amide bonds. The molecule has 324 valence electrons. The molecule has 0 N–H and O–H groups in total. The van der Waals surface area contributed by atoms with Crippen LogP contribution in [-0.2, 0) is 32.5 Å². The Balaban J connectivity index is 1.43. The normalized spacial score (nSPS) is 16.4. The minimum atomic E-state index is -0.0174. The number of hydrogen-bond acceptors (Lipinski definition) is 2. The lowest BCUT2D eigenvalue weighted by Crippen LogP contribution is -2.61. The molecular formula is C60H71BN2. The molecule has 63 heavy (non-hydrogen) atoms. The summed E-state index contributed by atoms with van der Waals surface area (Å²) in [4.78, 5) is 5.30. The third-order valence-corrected chi connectivity index (χ3v) is 14.7. The number of anilines is 6. The lowest BCUT2D eigenvalue weighted by molar-refractivity contribution is 0.403. The van der Waals surface area contributed by atoms with E-state index in [1.54, 1.807) is 0 Å². The molecule has 0 spiro atoms. The number of aryl methyl sites for hydroxylation is 1. The van der Waals surface area contributed by atoms with Crippen LogP contribution in [0.5, 0.6) is 0 Å². The first kappa shape index (κ1) is 43.2. The zero-order valence-electron chi connectivity index (χ0n) is 41.6. The van der Waals surface area contributed by atoms with Crippen LogP contribution in [0.3, 0.4) is 0 Å². The average molecular weight is 831 g/mol. The highest BCUT2D eigenvalue weighted by molar-refractivity contribution is 7.00. The van der Waals surface area contributed by atoms with Gasteiger partial charge in [0, 0.05) is 34.0 Å². The monoisotopic (exact) mass is 831 g/mol. The third-order valence-electron chi connectivity index (χ3n) is 14.7. The van der Waals surface area contributed by atoms with Gasteiger partial charge in [-0.05, 0) is 155 Å². The summed E-state index contributed by atoms with van der Waals surface area (Å²) in [5.74, 6) is 0. The molecule has 2 heterocycles. The Morgan fingerprint density at radius 1 is 0.444 bits per heavy atom. The summed E-state index contributed by atoms with van der Waals surface area (Å²) in [5, 5.41) is 0. The van der Waals surface area contributed by atoms with Crippen LogP contribution >= 0.6 is 0 Å². The van der Waals surface area contributed by atoms with E-state index >= 15 is 0 Å². The molecule has 0 aromatic heterocycles. The smallest absolute Gasteiger partial charge is 0.252 e. The Kier molecular flexibility index (Phi) is 9.60. The van der Waals surface area contributed by atoms with Crippen LogP contribution in [0.25, 0.3) is 11.1 Å². The average Bonchev–Trinajstić information content (AvgIpc) is 3.36. The first-order valence-corrected chi connectivity index (χ1v) is 23.6. The van der Waals surface area contributed by atoms with Gasteiger partial charge in [-0.1, -0.05) is 171 Å². The summed E-state index contributed by atoms with van der Waals surface area (Å²) >= 11 is 0. The predicted octanol–water partition coefficient (Wildman–Crippen LogP) is 14.9. The fraction of sp³-hybridized carbons (Fsp3) is 0.400. The summed E-state index contributed by atoms with van der Waals surface area (Å²) in [6, 6.07) is 43.7. The molecule has 3 heteroatoms. The number of nitrogens with zero attached hydrogens (tertiary/aromatic N) is 2. The van der Waals surface area contributed by atoms with Gasteiger partial charge in [-0.3, -0.25) is 0 Å². The second kappa shape index (κ2) is 14.0. The molecule has 3 aliphatic rings. The van der Waals surface area contributed by atoms with Crippen molar-refractivity contribution in [3.8, 4) is 11.1 Å². The molecule has 2 aliphatic heterocycles. The van der Waals surface area contributed by atoms with Gasteiger partial charge in [0.1, 0.15) is 0 Å². The van der Waals surface area contributed by atoms with Gasteiger partial charge in [0.2, 0.25) is 0 Å². The minimum Gasteiger partial charge on any atom is -0.311 e. The third kappa shape index (κ3) is 7.17. The van der Waals surface area contributed by atoms with Crippen molar-refractivity contribution in [3.63, 3.8) is 0 Å². The highest BCUT2D eigenvalue weighted by Gasteiger charge is 2.48. The number of fused-ring (bicyclic) bond motifs is 5. The van der Waals surface area contributed by atoms with Gasteiger partial charge in [-0.15, -0.1) is 0 Å². The summed E-state index contributed by atoms with van der Waals surface area (Å²) < 4.78 is 0. The van der Waals surface area contributed by atoms with E-state index in [1.807, 2.05) is 0 Å². The Bertz CT molecular complexity index is 2820. The van der Waals surface area contributed by atoms with Gasteiger partial charge in [0.15, 0.2) is 0 Å². The van der Waals surface area contributed by atoms with Crippen molar-refractivity contribution in [1.29, 1.82) is 0 Å². The Morgan fingerprint density at radius 3 is 1.57 bits per heavy atom.